The predicted octanol–water partition coefficient (Wildman–Crippen LogP) is 2.15. The first-order chi connectivity index (χ1) is 10.8. The third kappa shape index (κ3) is 6.38. The van der Waals surface area contributed by atoms with Gasteiger partial charge in [-0.25, -0.2) is 0 Å². The third-order valence-electron chi connectivity index (χ3n) is 3.77. The zero-order valence-corrected chi connectivity index (χ0v) is 14.1. The minimum atomic E-state index is -0.0106. The van der Waals surface area contributed by atoms with E-state index in [-0.39, 0.29) is 11.2 Å². The van der Waals surface area contributed by atoms with Crippen molar-refractivity contribution in [1.29, 1.82) is 0 Å². The topological polar surface area (TPSA) is 41.6 Å². The Hall–Kier alpha value is -1.04. The second-order valence-electron chi connectivity index (χ2n) is 5.54. The Morgan fingerprint density at radius 2 is 2.05 bits per heavy atom. The molecule has 0 aliphatic carbocycles. The SMILES string of the molecule is C[C@H](SCc1ccccc1)C(=O)NCCCN1CCOCC1. The summed E-state index contributed by atoms with van der Waals surface area (Å²) in [6.07, 6.45) is 1.00. The third-order valence-corrected chi connectivity index (χ3v) is 4.98. The van der Waals surface area contributed by atoms with Crippen LogP contribution in [0.15, 0.2) is 30.3 Å². The Kier molecular flexibility index (Phi) is 7.77. The van der Waals surface area contributed by atoms with E-state index in [9.17, 15) is 4.79 Å². The van der Waals surface area contributed by atoms with E-state index in [1.807, 2.05) is 25.1 Å². The fourth-order valence-electron chi connectivity index (χ4n) is 2.35. The van der Waals surface area contributed by atoms with Gasteiger partial charge in [-0.2, -0.15) is 0 Å². The van der Waals surface area contributed by atoms with Crippen molar-refractivity contribution in [3.8, 4) is 0 Å². The fourth-order valence-corrected chi connectivity index (χ4v) is 3.22. The second-order valence-corrected chi connectivity index (χ2v) is 6.87. The van der Waals surface area contributed by atoms with Crippen LogP contribution < -0.4 is 5.32 Å². The molecule has 5 heteroatoms. The zero-order chi connectivity index (χ0) is 15.6. The van der Waals surface area contributed by atoms with Crippen molar-refractivity contribution in [2.24, 2.45) is 0 Å². The molecule has 0 unspecified atom stereocenters. The van der Waals surface area contributed by atoms with Crippen LogP contribution in [0.25, 0.3) is 0 Å². The van der Waals surface area contributed by atoms with Crippen molar-refractivity contribution in [2.45, 2.75) is 24.3 Å². The summed E-state index contributed by atoms with van der Waals surface area (Å²) >= 11 is 1.68. The molecule has 1 fully saturated rings. The van der Waals surface area contributed by atoms with Gasteiger partial charge in [-0.3, -0.25) is 9.69 Å². The monoisotopic (exact) mass is 322 g/mol. The summed E-state index contributed by atoms with van der Waals surface area (Å²) in [7, 11) is 0. The molecule has 0 radical (unpaired) electrons. The van der Waals surface area contributed by atoms with E-state index < -0.39 is 0 Å². The highest BCUT2D eigenvalue weighted by Gasteiger charge is 2.13. The van der Waals surface area contributed by atoms with Gasteiger partial charge in [0.15, 0.2) is 0 Å². The summed E-state index contributed by atoms with van der Waals surface area (Å²) in [4.78, 5) is 14.4. The Bertz CT molecular complexity index is 436. The lowest BCUT2D eigenvalue weighted by Gasteiger charge is -2.26. The molecule has 1 N–H and O–H groups in total. The van der Waals surface area contributed by atoms with Gasteiger partial charge in [0, 0.05) is 25.4 Å². The quantitative estimate of drug-likeness (QED) is 0.745. The van der Waals surface area contributed by atoms with Crippen molar-refractivity contribution >= 4 is 17.7 Å². The molecule has 1 amide bonds. The maximum atomic E-state index is 12.0. The first kappa shape index (κ1) is 17.3. The molecule has 4 nitrogen and oxygen atoms in total. The van der Waals surface area contributed by atoms with Crippen LogP contribution in [0.5, 0.6) is 0 Å². The highest BCUT2D eigenvalue weighted by atomic mass is 32.2. The smallest absolute Gasteiger partial charge is 0.232 e. The van der Waals surface area contributed by atoms with Gasteiger partial charge in [0.1, 0.15) is 0 Å². The Morgan fingerprint density at radius 1 is 1.32 bits per heavy atom. The van der Waals surface area contributed by atoms with E-state index >= 15 is 0 Å². The standard InChI is InChI=1S/C17H26N2O2S/c1-15(22-14-16-6-3-2-4-7-16)17(20)18-8-5-9-19-10-12-21-13-11-19/h2-4,6-7,15H,5,8-14H2,1H3,(H,18,20)/t15-/m0/s1. The Balaban J connectivity index is 1.56. The predicted molar refractivity (Wildman–Crippen MR) is 92.1 cm³/mol. The van der Waals surface area contributed by atoms with E-state index in [1.165, 1.54) is 5.56 Å². The molecule has 2 rings (SSSR count). The molecule has 22 heavy (non-hydrogen) atoms. The molecular weight excluding hydrogens is 296 g/mol. The number of benzene rings is 1. The van der Waals surface area contributed by atoms with E-state index in [2.05, 4.69) is 22.3 Å². The van der Waals surface area contributed by atoms with E-state index in [0.29, 0.717) is 0 Å². The molecule has 1 saturated heterocycles. The van der Waals surface area contributed by atoms with Crippen LogP contribution in [-0.4, -0.2) is 55.4 Å². The molecule has 0 saturated carbocycles. The first-order valence-electron chi connectivity index (χ1n) is 7.99. The summed E-state index contributed by atoms with van der Waals surface area (Å²) < 4.78 is 5.32. The normalized spacial score (nSPS) is 17.1. The molecule has 1 heterocycles. The largest absolute Gasteiger partial charge is 0.379 e. The molecule has 1 aromatic rings. The average molecular weight is 322 g/mol. The van der Waals surface area contributed by atoms with Crippen molar-refractivity contribution < 1.29 is 9.53 Å². The fraction of sp³-hybridized carbons (Fsp3) is 0.588. The van der Waals surface area contributed by atoms with E-state index in [1.54, 1.807) is 11.8 Å². The summed E-state index contributed by atoms with van der Waals surface area (Å²) in [5, 5.41) is 3.03. The molecule has 0 aromatic heterocycles. The highest BCUT2D eigenvalue weighted by molar-refractivity contribution is 7.99. The van der Waals surface area contributed by atoms with Crippen molar-refractivity contribution in [3.63, 3.8) is 0 Å². The van der Waals surface area contributed by atoms with Gasteiger partial charge in [0.25, 0.3) is 0 Å². The number of ether oxygens (including phenoxy) is 1. The molecule has 122 valence electrons. The van der Waals surface area contributed by atoms with E-state index in [0.717, 1.165) is 51.6 Å². The maximum Gasteiger partial charge on any atom is 0.232 e. The number of nitrogens with zero attached hydrogens (tertiary/aromatic N) is 1. The minimum Gasteiger partial charge on any atom is -0.379 e. The molecule has 0 spiro atoms. The second kappa shape index (κ2) is 9.87. The van der Waals surface area contributed by atoms with Gasteiger partial charge in [0.05, 0.1) is 18.5 Å². The maximum absolute atomic E-state index is 12.0. The van der Waals surface area contributed by atoms with Crippen LogP contribution >= 0.6 is 11.8 Å². The van der Waals surface area contributed by atoms with Crippen LogP contribution in [0.2, 0.25) is 0 Å². The minimum absolute atomic E-state index is 0.0106. The van der Waals surface area contributed by atoms with Crippen LogP contribution in [0, 0.1) is 0 Å². The Morgan fingerprint density at radius 3 is 2.77 bits per heavy atom. The number of thioether (sulfide) groups is 1. The Labute approximate surface area is 137 Å². The molecule has 1 aromatic carbocycles. The number of hydrogen-bond acceptors (Lipinski definition) is 4. The molecule has 1 aliphatic rings. The van der Waals surface area contributed by atoms with Gasteiger partial charge in [-0.15, -0.1) is 11.8 Å². The van der Waals surface area contributed by atoms with Crippen LogP contribution in [0.1, 0.15) is 18.9 Å². The number of carbonyl (C=O) groups is 1. The number of nitrogens with one attached hydrogen (secondary N) is 1. The first-order valence-corrected chi connectivity index (χ1v) is 9.04. The lowest BCUT2D eigenvalue weighted by atomic mass is 10.2. The number of amides is 1. The summed E-state index contributed by atoms with van der Waals surface area (Å²) in [5.74, 6) is 1.02. The number of rotatable bonds is 8. The number of carbonyl (C=O) groups excluding carboxylic acids is 1. The van der Waals surface area contributed by atoms with Gasteiger partial charge < -0.3 is 10.1 Å². The lowest BCUT2D eigenvalue weighted by molar-refractivity contribution is -0.120. The van der Waals surface area contributed by atoms with Gasteiger partial charge >= 0.3 is 0 Å². The molecular formula is C17H26N2O2S. The van der Waals surface area contributed by atoms with Crippen LogP contribution in [-0.2, 0) is 15.3 Å². The zero-order valence-electron chi connectivity index (χ0n) is 13.3. The summed E-state index contributed by atoms with van der Waals surface area (Å²) in [5.41, 5.74) is 1.26. The number of hydrogen-bond donors (Lipinski definition) is 1. The van der Waals surface area contributed by atoms with E-state index in [4.69, 9.17) is 4.74 Å². The van der Waals surface area contributed by atoms with Gasteiger partial charge in [0.2, 0.25) is 5.91 Å². The number of morpholine rings is 1. The van der Waals surface area contributed by atoms with Gasteiger partial charge in [-0.1, -0.05) is 30.3 Å². The lowest BCUT2D eigenvalue weighted by Crippen LogP contribution is -2.38. The van der Waals surface area contributed by atoms with Crippen molar-refractivity contribution in [2.75, 3.05) is 39.4 Å². The van der Waals surface area contributed by atoms with Crippen LogP contribution in [0.4, 0.5) is 0 Å². The summed E-state index contributed by atoms with van der Waals surface area (Å²) in [6.45, 7) is 7.46. The van der Waals surface area contributed by atoms with Crippen LogP contribution in [0.3, 0.4) is 0 Å². The average Bonchev–Trinajstić information content (AvgIpc) is 2.58. The molecule has 1 aliphatic heterocycles. The van der Waals surface area contributed by atoms with Crippen molar-refractivity contribution in [1.82, 2.24) is 10.2 Å². The van der Waals surface area contributed by atoms with Crippen molar-refractivity contribution in [3.05, 3.63) is 35.9 Å². The highest BCUT2D eigenvalue weighted by Crippen LogP contribution is 2.17. The summed E-state index contributed by atoms with van der Waals surface area (Å²) in [6, 6.07) is 10.3. The van der Waals surface area contributed by atoms with Gasteiger partial charge in [-0.05, 0) is 25.5 Å². The molecule has 1 atom stereocenters. The molecule has 0 bridgehead atoms.